The molecule has 0 saturated heterocycles. The average Bonchev–Trinajstić information content (AvgIpc) is 2.87. The lowest BCUT2D eigenvalue weighted by molar-refractivity contribution is -0.143. The van der Waals surface area contributed by atoms with Crippen molar-refractivity contribution in [3.63, 3.8) is 0 Å². The monoisotopic (exact) mass is 558 g/mol. The Kier molecular flexibility index (Phi) is 9.62. The van der Waals surface area contributed by atoms with E-state index in [4.69, 9.17) is 21.4 Å². The van der Waals surface area contributed by atoms with Gasteiger partial charge >= 0.3 is 11.9 Å². The Hall–Kier alpha value is -3.73. The molecule has 0 spiro atoms. The van der Waals surface area contributed by atoms with Gasteiger partial charge in [-0.1, -0.05) is 72.3 Å². The number of benzene rings is 3. The van der Waals surface area contributed by atoms with Crippen LogP contribution >= 0.6 is 11.6 Å². The second-order valence-electron chi connectivity index (χ2n) is 8.55. The molecule has 1 atom stereocenters. The van der Waals surface area contributed by atoms with Gasteiger partial charge in [0, 0.05) is 13.0 Å². The summed E-state index contributed by atoms with van der Waals surface area (Å²) in [6.07, 6.45) is 1.17. The number of halogens is 1. The highest BCUT2D eigenvalue weighted by Crippen LogP contribution is 2.22. The van der Waals surface area contributed by atoms with Gasteiger partial charge in [-0.2, -0.15) is 4.31 Å². The number of methoxy groups -OCH3 is 1. The Balaban J connectivity index is 1.70. The third-order valence-electron chi connectivity index (χ3n) is 5.73. The summed E-state index contributed by atoms with van der Waals surface area (Å²) in [6, 6.07) is 20.1. The lowest BCUT2D eigenvalue weighted by atomic mass is 9.99. The van der Waals surface area contributed by atoms with E-state index in [1.165, 1.54) is 7.11 Å². The summed E-state index contributed by atoms with van der Waals surface area (Å²) in [5.74, 6) is -2.30. The number of aliphatic carboxylic acids is 1. The number of carbonyl (C=O) groups excluding carboxylic acids is 2. The third-order valence-corrected chi connectivity index (χ3v) is 7.26. The molecule has 3 aromatic carbocycles. The van der Waals surface area contributed by atoms with E-state index >= 15 is 0 Å². The number of carboxylic acid groups (broad SMARTS) is 1. The van der Waals surface area contributed by atoms with Crippen LogP contribution in [0.15, 0.2) is 72.8 Å². The van der Waals surface area contributed by atoms with E-state index in [0.717, 1.165) is 27.3 Å². The van der Waals surface area contributed by atoms with E-state index in [-0.39, 0.29) is 23.6 Å². The Morgan fingerprint density at radius 1 is 0.947 bits per heavy atom. The molecule has 1 amide bonds. The second kappa shape index (κ2) is 12.7. The average molecular weight is 559 g/mol. The molecule has 0 bridgehead atoms. The first-order valence-corrected chi connectivity index (χ1v) is 13.7. The highest BCUT2D eigenvalue weighted by atomic mass is 35.5. The Bertz CT molecular complexity index is 1410. The molecule has 200 valence electrons. The number of carboxylic acids is 1. The molecule has 0 aliphatic rings. The first-order chi connectivity index (χ1) is 18.0. The first-order valence-electron chi connectivity index (χ1n) is 11.5. The standard InChI is InChI=1S/C27H27ClN2O7S/c1-37-27(34)24(29-26(33)22-5-3-4-6-23(22)28)15-18-7-11-20(12-8-18)21-13-9-19(10-14-21)16-30(17-25(31)32)38(2,35)36/h3-14,24H,15-17H2,1-2H3,(H,29,33)(H,31,32)/t24-/m0/s1. The Morgan fingerprint density at radius 2 is 1.50 bits per heavy atom. The maximum Gasteiger partial charge on any atom is 0.328 e. The van der Waals surface area contributed by atoms with Gasteiger partial charge in [-0.05, 0) is 34.4 Å². The molecule has 0 fully saturated rings. The van der Waals surface area contributed by atoms with Gasteiger partial charge in [0.25, 0.3) is 5.91 Å². The summed E-state index contributed by atoms with van der Waals surface area (Å²) in [4.78, 5) is 36.0. The van der Waals surface area contributed by atoms with Crippen LogP contribution in [-0.2, 0) is 37.3 Å². The van der Waals surface area contributed by atoms with Crippen LogP contribution in [0.25, 0.3) is 11.1 Å². The van der Waals surface area contributed by atoms with Gasteiger partial charge < -0.3 is 15.2 Å². The van der Waals surface area contributed by atoms with Crippen LogP contribution in [0.4, 0.5) is 0 Å². The van der Waals surface area contributed by atoms with Crippen LogP contribution < -0.4 is 5.32 Å². The molecule has 0 aliphatic carbocycles. The smallest absolute Gasteiger partial charge is 0.328 e. The lowest BCUT2D eigenvalue weighted by Gasteiger charge is -2.18. The zero-order valence-corrected chi connectivity index (χ0v) is 22.3. The molecule has 38 heavy (non-hydrogen) atoms. The fourth-order valence-electron chi connectivity index (χ4n) is 3.73. The maximum atomic E-state index is 12.7. The van der Waals surface area contributed by atoms with Crippen LogP contribution in [0.3, 0.4) is 0 Å². The number of hydrogen-bond acceptors (Lipinski definition) is 6. The van der Waals surface area contributed by atoms with E-state index < -0.39 is 40.5 Å². The van der Waals surface area contributed by atoms with Crippen LogP contribution in [0, 0.1) is 0 Å². The second-order valence-corrected chi connectivity index (χ2v) is 10.9. The summed E-state index contributed by atoms with van der Waals surface area (Å²) >= 11 is 6.10. The van der Waals surface area contributed by atoms with Crippen molar-refractivity contribution in [1.82, 2.24) is 9.62 Å². The van der Waals surface area contributed by atoms with Crippen molar-refractivity contribution in [2.75, 3.05) is 19.9 Å². The number of ether oxygens (including phenoxy) is 1. The number of sulfonamides is 1. The summed E-state index contributed by atoms with van der Waals surface area (Å²) in [5.41, 5.74) is 3.43. The van der Waals surface area contributed by atoms with Crippen LogP contribution in [-0.4, -0.2) is 61.6 Å². The van der Waals surface area contributed by atoms with Gasteiger partial charge in [-0.3, -0.25) is 9.59 Å². The Morgan fingerprint density at radius 3 is 2.00 bits per heavy atom. The van der Waals surface area contributed by atoms with Crippen molar-refractivity contribution >= 4 is 39.5 Å². The molecule has 0 aliphatic heterocycles. The van der Waals surface area contributed by atoms with Gasteiger partial charge in [-0.15, -0.1) is 0 Å². The molecular formula is C27H27ClN2O7S. The van der Waals surface area contributed by atoms with Gasteiger partial charge in [0.2, 0.25) is 10.0 Å². The molecule has 9 nitrogen and oxygen atoms in total. The number of nitrogens with one attached hydrogen (secondary N) is 1. The van der Waals surface area contributed by atoms with Crippen molar-refractivity contribution in [3.8, 4) is 11.1 Å². The van der Waals surface area contributed by atoms with E-state index in [0.29, 0.717) is 5.56 Å². The van der Waals surface area contributed by atoms with Crippen molar-refractivity contribution in [2.24, 2.45) is 0 Å². The number of rotatable bonds is 11. The minimum absolute atomic E-state index is 0.0564. The minimum Gasteiger partial charge on any atom is -0.480 e. The maximum absolute atomic E-state index is 12.7. The predicted octanol–water partition coefficient (Wildman–Crippen LogP) is 3.37. The molecule has 0 radical (unpaired) electrons. The minimum atomic E-state index is -3.68. The molecule has 11 heteroatoms. The summed E-state index contributed by atoms with van der Waals surface area (Å²) < 4.78 is 29.5. The van der Waals surface area contributed by atoms with E-state index in [1.54, 1.807) is 36.4 Å². The van der Waals surface area contributed by atoms with Crippen LogP contribution in [0.5, 0.6) is 0 Å². The number of nitrogens with zero attached hydrogens (tertiary/aromatic N) is 1. The molecule has 0 unspecified atom stereocenters. The predicted molar refractivity (Wildman–Crippen MR) is 143 cm³/mol. The highest BCUT2D eigenvalue weighted by Gasteiger charge is 2.24. The number of hydrogen-bond donors (Lipinski definition) is 2. The molecule has 2 N–H and O–H groups in total. The lowest BCUT2D eigenvalue weighted by Crippen LogP contribution is -2.43. The van der Waals surface area contributed by atoms with E-state index in [2.05, 4.69) is 5.32 Å². The van der Waals surface area contributed by atoms with Gasteiger partial charge in [0.15, 0.2) is 0 Å². The zero-order valence-electron chi connectivity index (χ0n) is 20.8. The van der Waals surface area contributed by atoms with E-state index in [1.807, 2.05) is 36.4 Å². The third kappa shape index (κ3) is 7.88. The summed E-state index contributed by atoms with van der Waals surface area (Å²) in [5, 5.41) is 11.9. The highest BCUT2D eigenvalue weighted by molar-refractivity contribution is 7.88. The fourth-order valence-corrected chi connectivity index (χ4v) is 4.68. The molecule has 3 aromatic rings. The van der Waals surface area contributed by atoms with Gasteiger partial charge in [0.05, 0.1) is 24.0 Å². The largest absolute Gasteiger partial charge is 0.480 e. The van der Waals surface area contributed by atoms with Crippen LogP contribution in [0.2, 0.25) is 5.02 Å². The van der Waals surface area contributed by atoms with Crippen LogP contribution in [0.1, 0.15) is 21.5 Å². The number of carbonyl (C=O) groups is 3. The molecular weight excluding hydrogens is 532 g/mol. The first kappa shape index (κ1) is 28.8. The number of amides is 1. The quantitative estimate of drug-likeness (QED) is 0.345. The summed E-state index contributed by atoms with van der Waals surface area (Å²) in [6.45, 7) is -0.674. The topological polar surface area (TPSA) is 130 Å². The SMILES string of the molecule is COC(=O)[C@H](Cc1ccc(-c2ccc(CN(CC(=O)O)S(C)(=O)=O)cc2)cc1)NC(=O)c1ccccc1Cl. The van der Waals surface area contributed by atoms with Crippen molar-refractivity contribution in [2.45, 2.75) is 19.0 Å². The molecule has 3 rings (SSSR count). The number of esters is 1. The molecule has 0 heterocycles. The normalized spacial score (nSPS) is 12.1. The zero-order chi connectivity index (χ0) is 27.9. The van der Waals surface area contributed by atoms with Gasteiger partial charge in [0.1, 0.15) is 12.6 Å². The van der Waals surface area contributed by atoms with Crippen molar-refractivity contribution in [3.05, 3.63) is 94.5 Å². The summed E-state index contributed by atoms with van der Waals surface area (Å²) in [7, 11) is -2.43. The molecule has 0 saturated carbocycles. The van der Waals surface area contributed by atoms with Crippen molar-refractivity contribution < 1.29 is 32.6 Å². The molecule has 0 aromatic heterocycles. The van der Waals surface area contributed by atoms with Gasteiger partial charge in [-0.25, -0.2) is 13.2 Å². The fraction of sp³-hybridized carbons (Fsp3) is 0.222. The Labute approximate surface area is 226 Å². The van der Waals surface area contributed by atoms with Crippen molar-refractivity contribution in [1.29, 1.82) is 0 Å². The van der Waals surface area contributed by atoms with E-state index in [9.17, 15) is 22.8 Å².